The first-order chi connectivity index (χ1) is 12.2. The summed E-state index contributed by atoms with van der Waals surface area (Å²) in [6.07, 6.45) is 0. The normalized spacial score (nSPS) is 9.76. The lowest BCUT2D eigenvalue weighted by atomic mass is 10.2. The van der Waals surface area contributed by atoms with Gasteiger partial charge < -0.3 is 9.47 Å². The van der Waals surface area contributed by atoms with E-state index in [-0.39, 0.29) is 12.1 Å². The van der Waals surface area contributed by atoms with E-state index in [2.05, 4.69) is 0 Å². The molecule has 6 nitrogen and oxygen atoms in total. The van der Waals surface area contributed by atoms with E-state index < -0.39 is 18.5 Å². The average molecular weight is 338 g/mol. The molecular weight excluding hydrogens is 320 g/mol. The number of nitriles is 1. The molecule has 0 aliphatic heterocycles. The minimum Gasteiger partial charge on any atom is -0.493 e. The molecule has 0 saturated carbocycles. The highest BCUT2D eigenvalue weighted by atomic mass is 16.5. The van der Waals surface area contributed by atoms with E-state index in [1.165, 1.54) is 4.90 Å². The molecule has 2 aromatic carbocycles. The Morgan fingerprint density at radius 3 is 2.44 bits per heavy atom. The topological polar surface area (TPSA) is 79.6 Å². The number of esters is 1. The van der Waals surface area contributed by atoms with Gasteiger partial charge in [0, 0.05) is 5.69 Å². The van der Waals surface area contributed by atoms with Crippen molar-refractivity contribution in [3.05, 3.63) is 60.2 Å². The summed E-state index contributed by atoms with van der Waals surface area (Å²) >= 11 is 0. The molecule has 0 N–H and O–H groups in total. The van der Waals surface area contributed by atoms with Crippen molar-refractivity contribution in [3.8, 4) is 11.8 Å². The second kappa shape index (κ2) is 9.08. The van der Waals surface area contributed by atoms with Gasteiger partial charge in [0.1, 0.15) is 17.9 Å². The van der Waals surface area contributed by atoms with Crippen molar-refractivity contribution in [2.45, 2.75) is 6.92 Å². The van der Waals surface area contributed by atoms with Crippen LogP contribution in [0.5, 0.6) is 5.75 Å². The van der Waals surface area contributed by atoms with E-state index in [9.17, 15) is 9.59 Å². The number of para-hydroxylation sites is 2. The van der Waals surface area contributed by atoms with Gasteiger partial charge in [0.05, 0.1) is 12.7 Å². The zero-order valence-electron chi connectivity index (χ0n) is 13.8. The fraction of sp³-hybridized carbons (Fsp3) is 0.211. The van der Waals surface area contributed by atoms with Crippen LogP contribution in [0.3, 0.4) is 0 Å². The lowest BCUT2D eigenvalue weighted by Gasteiger charge is -2.19. The van der Waals surface area contributed by atoms with Gasteiger partial charge in [0.25, 0.3) is 5.91 Å². The molecule has 2 rings (SSSR count). The van der Waals surface area contributed by atoms with E-state index in [4.69, 9.17) is 14.7 Å². The van der Waals surface area contributed by atoms with Gasteiger partial charge in [-0.25, -0.2) is 4.79 Å². The van der Waals surface area contributed by atoms with Crippen LogP contribution in [-0.4, -0.2) is 31.6 Å². The van der Waals surface area contributed by atoms with Gasteiger partial charge in [0.15, 0.2) is 6.61 Å². The summed E-state index contributed by atoms with van der Waals surface area (Å²) in [7, 11) is 0. The van der Waals surface area contributed by atoms with E-state index in [1.54, 1.807) is 48.5 Å². The number of rotatable bonds is 7. The summed E-state index contributed by atoms with van der Waals surface area (Å²) < 4.78 is 10.5. The monoisotopic (exact) mass is 338 g/mol. The lowest BCUT2D eigenvalue weighted by molar-refractivity contribution is -0.121. The van der Waals surface area contributed by atoms with Gasteiger partial charge in [-0.2, -0.15) is 5.26 Å². The second-order valence-electron chi connectivity index (χ2n) is 4.98. The molecule has 2 aromatic rings. The molecule has 0 radical (unpaired) electrons. The van der Waals surface area contributed by atoms with Gasteiger partial charge in [-0.3, -0.25) is 9.69 Å². The maximum Gasteiger partial charge on any atom is 0.342 e. The lowest BCUT2D eigenvalue weighted by Crippen LogP contribution is -2.35. The smallest absolute Gasteiger partial charge is 0.342 e. The molecule has 0 spiro atoms. The molecule has 0 aliphatic carbocycles. The van der Waals surface area contributed by atoms with E-state index >= 15 is 0 Å². The number of hydrogen-bond acceptors (Lipinski definition) is 5. The molecule has 0 atom stereocenters. The van der Waals surface area contributed by atoms with Gasteiger partial charge in [0.2, 0.25) is 0 Å². The average Bonchev–Trinajstić information content (AvgIpc) is 2.65. The van der Waals surface area contributed by atoms with Crippen LogP contribution in [-0.2, 0) is 9.53 Å². The molecule has 0 heterocycles. The quantitative estimate of drug-likeness (QED) is 0.573. The van der Waals surface area contributed by atoms with Gasteiger partial charge >= 0.3 is 5.97 Å². The molecule has 0 fully saturated rings. The molecular formula is C19H18N2O4. The van der Waals surface area contributed by atoms with Crippen molar-refractivity contribution in [2.75, 3.05) is 24.7 Å². The summed E-state index contributed by atoms with van der Waals surface area (Å²) in [4.78, 5) is 25.8. The molecule has 128 valence electrons. The number of anilines is 1. The molecule has 0 aliphatic rings. The van der Waals surface area contributed by atoms with E-state index in [0.717, 1.165) is 0 Å². The van der Waals surface area contributed by atoms with Gasteiger partial charge in [-0.1, -0.05) is 30.3 Å². The molecule has 0 saturated heterocycles. The van der Waals surface area contributed by atoms with Crippen LogP contribution in [0, 0.1) is 11.3 Å². The van der Waals surface area contributed by atoms with Gasteiger partial charge in [-0.15, -0.1) is 0 Å². The second-order valence-corrected chi connectivity index (χ2v) is 4.98. The maximum absolute atomic E-state index is 12.3. The number of ether oxygens (including phenoxy) is 2. The van der Waals surface area contributed by atoms with Gasteiger partial charge in [-0.05, 0) is 31.2 Å². The van der Waals surface area contributed by atoms with Crippen molar-refractivity contribution in [3.63, 3.8) is 0 Å². The SMILES string of the molecule is CCOc1ccccc1C(=O)OCC(=O)N(CC#N)c1ccccc1. The Bertz CT molecular complexity index is 768. The predicted molar refractivity (Wildman–Crippen MR) is 92.3 cm³/mol. The summed E-state index contributed by atoms with van der Waals surface area (Å²) in [6.45, 7) is 1.63. The van der Waals surface area contributed by atoms with Crippen molar-refractivity contribution < 1.29 is 19.1 Å². The number of hydrogen-bond donors (Lipinski definition) is 0. The molecule has 25 heavy (non-hydrogen) atoms. The van der Waals surface area contributed by atoms with Crippen LogP contribution in [0.15, 0.2) is 54.6 Å². The number of amides is 1. The third kappa shape index (κ3) is 4.82. The van der Waals surface area contributed by atoms with Crippen LogP contribution in [0.2, 0.25) is 0 Å². The van der Waals surface area contributed by atoms with Crippen molar-refractivity contribution in [1.29, 1.82) is 5.26 Å². The fourth-order valence-corrected chi connectivity index (χ4v) is 2.20. The number of carbonyl (C=O) groups excluding carboxylic acids is 2. The number of benzene rings is 2. The Labute approximate surface area is 146 Å². The Balaban J connectivity index is 2.05. The molecule has 6 heteroatoms. The summed E-state index contributed by atoms with van der Waals surface area (Å²) in [5.74, 6) is -0.725. The van der Waals surface area contributed by atoms with Crippen LogP contribution in [0.4, 0.5) is 5.69 Å². The maximum atomic E-state index is 12.3. The third-order valence-electron chi connectivity index (χ3n) is 3.33. The minimum absolute atomic E-state index is 0.129. The highest BCUT2D eigenvalue weighted by molar-refractivity contribution is 5.98. The number of nitrogens with zero attached hydrogens (tertiary/aromatic N) is 2. The zero-order valence-corrected chi connectivity index (χ0v) is 13.8. The molecule has 0 aromatic heterocycles. The third-order valence-corrected chi connectivity index (χ3v) is 3.33. The highest BCUT2D eigenvalue weighted by Crippen LogP contribution is 2.19. The van der Waals surface area contributed by atoms with Crippen LogP contribution < -0.4 is 9.64 Å². The van der Waals surface area contributed by atoms with Crippen molar-refractivity contribution >= 4 is 17.6 Å². The Kier molecular flexibility index (Phi) is 6.55. The Morgan fingerprint density at radius 2 is 1.76 bits per heavy atom. The zero-order chi connectivity index (χ0) is 18.1. The summed E-state index contributed by atoms with van der Waals surface area (Å²) in [5, 5.41) is 8.93. The Morgan fingerprint density at radius 1 is 1.08 bits per heavy atom. The van der Waals surface area contributed by atoms with E-state index in [0.29, 0.717) is 18.0 Å². The van der Waals surface area contributed by atoms with E-state index in [1.807, 2.05) is 19.1 Å². The molecule has 1 amide bonds. The van der Waals surface area contributed by atoms with Crippen LogP contribution in [0.25, 0.3) is 0 Å². The van der Waals surface area contributed by atoms with Crippen LogP contribution >= 0.6 is 0 Å². The first-order valence-corrected chi connectivity index (χ1v) is 7.78. The first-order valence-electron chi connectivity index (χ1n) is 7.78. The standard InChI is InChI=1S/C19H18N2O4/c1-2-24-17-11-7-6-10-16(17)19(23)25-14-18(22)21(13-12-20)15-8-4-3-5-9-15/h3-11H,2,13-14H2,1H3. The highest BCUT2D eigenvalue weighted by Gasteiger charge is 2.19. The predicted octanol–water partition coefficient (Wildman–Crippen LogP) is 2.80. The largest absolute Gasteiger partial charge is 0.493 e. The fourth-order valence-electron chi connectivity index (χ4n) is 2.20. The Hall–Kier alpha value is -3.33. The number of carbonyl (C=O) groups is 2. The summed E-state index contributed by atoms with van der Waals surface area (Å²) in [6, 6.07) is 17.4. The van der Waals surface area contributed by atoms with Crippen molar-refractivity contribution in [1.82, 2.24) is 0 Å². The van der Waals surface area contributed by atoms with Crippen molar-refractivity contribution in [2.24, 2.45) is 0 Å². The summed E-state index contributed by atoms with van der Waals surface area (Å²) in [5.41, 5.74) is 0.823. The minimum atomic E-state index is -0.651. The first kappa shape index (κ1) is 18.0. The molecule has 0 unspecified atom stereocenters. The molecule has 0 bridgehead atoms. The van der Waals surface area contributed by atoms with Crippen LogP contribution in [0.1, 0.15) is 17.3 Å².